The van der Waals surface area contributed by atoms with Gasteiger partial charge < -0.3 is 4.74 Å². The smallest absolute Gasteiger partial charge is 0.234 e. The molecule has 1 aromatic carbocycles. The summed E-state index contributed by atoms with van der Waals surface area (Å²) in [5.41, 5.74) is 3.40. The summed E-state index contributed by atoms with van der Waals surface area (Å²) in [7, 11) is 0. The molecule has 0 bridgehead atoms. The fourth-order valence-corrected chi connectivity index (χ4v) is 5.40. The van der Waals surface area contributed by atoms with Crippen molar-refractivity contribution in [2.24, 2.45) is 0 Å². The van der Waals surface area contributed by atoms with Crippen LogP contribution in [0.2, 0.25) is 4.34 Å². The lowest BCUT2D eigenvalue weighted by Gasteiger charge is -2.22. The molecule has 27 heavy (non-hydrogen) atoms. The number of fused-ring (bicyclic) bond motifs is 1. The fourth-order valence-electron chi connectivity index (χ4n) is 3.25. The van der Waals surface area contributed by atoms with Gasteiger partial charge in [0.2, 0.25) is 5.91 Å². The number of nitrogens with zero attached hydrogens (tertiary/aromatic N) is 2. The normalized spacial score (nSPS) is 16.9. The SMILES string of the molecule is Cc1cc2nc(N(CC3CCCO3)C(=O)Cc3ccc(Cl)s3)sc2cc1C. The van der Waals surface area contributed by atoms with Crippen molar-refractivity contribution in [2.45, 2.75) is 39.2 Å². The van der Waals surface area contributed by atoms with E-state index < -0.39 is 0 Å². The summed E-state index contributed by atoms with van der Waals surface area (Å²) < 4.78 is 7.60. The van der Waals surface area contributed by atoms with Crippen LogP contribution in [-0.2, 0) is 16.0 Å². The number of aromatic nitrogens is 1. The number of carbonyl (C=O) groups is 1. The number of aryl methyl sites for hydroxylation is 2. The predicted octanol–water partition coefficient (Wildman–Crippen LogP) is 5.38. The van der Waals surface area contributed by atoms with Crippen LogP contribution in [0.15, 0.2) is 24.3 Å². The van der Waals surface area contributed by atoms with Crippen LogP contribution in [0.3, 0.4) is 0 Å². The molecule has 7 heteroatoms. The molecule has 4 rings (SSSR count). The van der Waals surface area contributed by atoms with Crippen LogP contribution in [0.25, 0.3) is 10.2 Å². The standard InChI is InChI=1S/C20H21ClN2O2S2/c1-12-8-16-17(9-13(12)2)27-20(22-16)23(11-14-4-3-7-25-14)19(24)10-15-5-6-18(21)26-15/h5-6,8-9,14H,3-4,7,10-11H2,1-2H3. The van der Waals surface area contributed by atoms with Gasteiger partial charge in [-0.3, -0.25) is 9.69 Å². The van der Waals surface area contributed by atoms with Crippen molar-refractivity contribution in [2.75, 3.05) is 18.1 Å². The number of halogens is 1. The van der Waals surface area contributed by atoms with Gasteiger partial charge in [0.25, 0.3) is 0 Å². The van der Waals surface area contributed by atoms with E-state index in [1.807, 2.05) is 12.1 Å². The third kappa shape index (κ3) is 4.19. The minimum absolute atomic E-state index is 0.0384. The second kappa shape index (κ2) is 7.87. The van der Waals surface area contributed by atoms with Crippen LogP contribution in [0.1, 0.15) is 28.8 Å². The molecule has 2 aromatic heterocycles. The van der Waals surface area contributed by atoms with Gasteiger partial charge in [-0.1, -0.05) is 22.9 Å². The summed E-state index contributed by atoms with van der Waals surface area (Å²) in [6.07, 6.45) is 2.44. The summed E-state index contributed by atoms with van der Waals surface area (Å²) in [5.74, 6) is 0.0384. The summed E-state index contributed by atoms with van der Waals surface area (Å²) in [6.45, 7) is 5.51. The molecule has 0 saturated carbocycles. The molecular weight excluding hydrogens is 400 g/mol. The zero-order valence-electron chi connectivity index (χ0n) is 15.3. The first-order valence-corrected chi connectivity index (χ1v) is 11.0. The Morgan fingerprint density at radius 2 is 2.11 bits per heavy atom. The molecule has 1 fully saturated rings. The van der Waals surface area contributed by atoms with E-state index in [0.29, 0.717) is 17.3 Å². The van der Waals surface area contributed by atoms with Gasteiger partial charge in [-0.15, -0.1) is 11.3 Å². The minimum atomic E-state index is 0.0384. The monoisotopic (exact) mass is 420 g/mol. The van der Waals surface area contributed by atoms with Crippen molar-refractivity contribution in [1.29, 1.82) is 0 Å². The van der Waals surface area contributed by atoms with E-state index in [2.05, 4.69) is 26.0 Å². The van der Waals surface area contributed by atoms with E-state index in [4.69, 9.17) is 21.3 Å². The molecule has 3 heterocycles. The molecule has 1 aliphatic rings. The number of hydrogen-bond donors (Lipinski definition) is 0. The van der Waals surface area contributed by atoms with Gasteiger partial charge in [0.15, 0.2) is 5.13 Å². The Morgan fingerprint density at radius 1 is 1.30 bits per heavy atom. The highest BCUT2D eigenvalue weighted by atomic mass is 35.5. The molecule has 1 atom stereocenters. The first-order chi connectivity index (χ1) is 13.0. The molecule has 1 aliphatic heterocycles. The molecular formula is C20H21ClN2O2S2. The van der Waals surface area contributed by atoms with Crippen LogP contribution < -0.4 is 4.90 Å². The number of benzene rings is 1. The molecule has 3 aromatic rings. The molecule has 142 valence electrons. The van der Waals surface area contributed by atoms with E-state index in [0.717, 1.165) is 39.7 Å². The molecule has 0 radical (unpaired) electrons. The van der Waals surface area contributed by atoms with Gasteiger partial charge >= 0.3 is 0 Å². The Bertz CT molecular complexity index is 937. The minimum Gasteiger partial charge on any atom is -0.376 e. The van der Waals surface area contributed by atoms with E-state index in [1.54, 1.807) is 16.2 Å². The zero-order chi connectivity index (χ0) is 19.0. The lowest BCUT2D eigenvalue weighted by atomic mass is 10.1. The fraction of sp³-hybridized carbons (Fsp3) is 0.400. The van der Waals surface area contributed by atoms with Crippen LogP contribution >= 0.6 is 34.3 Å². The molecule has 0 aliphatic carbocycles. The first-order valence-electron chi connectivity index (χ1n) is 9.03. The van der Waals surface area contributed by atoms with Gasteiger partial charge in [-0.25, -0.2) is 4.98 Å². The third-order valence-corrected chi connectivity index (χ3v) is 7.16. The highest BCUT2D eigenvalue weighted by Crippen LogP contribution is 2.32. The van der Waals surface area contributed by atoms with Gasteiger partial charge in [-0.2, -0.15) is 0 Å². The summed E-state index contributed by atoms with van der Waals surface area (Å²) >= 11 is 9.05. The van der Waals surface area contributed by atoms with Crippen LogP contribution in [-0.4, -0.2) is 30.1 Å². The largest absolute Gasteiger partial charge is 0.376 e. The molecule has 1 amide bonds. The van der Waals surface area contributed by atoms with Gasteiger partial charge in [0.05, 0.1) is 33.6 Å². The van der Waals surface area contributed by atoms with E-state index in [1.165, 1.54) is 22.5 Å². The zero-order valence-corrected chi connectivity index (χ0v) is 17.7. The second-order valence-electron chi connectivity index (χ2n) is 6.92. The third-order valence-electron chi connectivity index (χ3n) is 4.89. The molecule has 0 N–H and O–H groups in total. The van der Waals surface area contributed by atoms with Crippen molar-refractivity contribution in [1.82, 2.24) is 4.98 Å². The van der Waals surface area contributed by atoms with E-state index in [-0.39, 0.29) is 12.0 Å². The summed E-state index contributed by atoms with van der Waals surface area (Å²) in [6, 6.07) is 8.00. The Morgan fingerprint density at radius 3 is 2.81 bits per heavy atom. The average Bonchev–Trinajstić information content (AvgIpc) is 3.35. The van der Waals surface area contributed by atoms with Crippen LogP contribution in [0, 0.1) is 13.8 Å². The second-order valence-corrected chi connectivity index (χ2v) is 9.73. The van der Waals surface area contributed by atoms with E-state index in [9.17, 15) is 4.79 Å². The maximum Gasteiger partial charge on any atom is 0.234 e. The molecule has 1 unspecified atom stereocenters. The van der Waals surface area contributed by atoms with Crippen molar-refractivity contribution < 1.29 is 9.53 Å². The predicted molar refractivity (Wildman–Crippen MR) is 113 cm³/mol. The Labute approximate surface area is 171 Å². The van der Waals surface area contributed by atoms with Crippen molar-refractivity contribution >= 4 is 55.5 Å². The maximum atomic E-state index is 13.1. The topological polar surface area (TPSA) is 42.4 Å². The number of rotatable bonds is 5. The summed E-state index contributed by atoms with van der Waals surface area (Å²) in [5, 5.41) is 0.748. The first kappa shape index (κ1) is 18.9. The highest BCUT2D eigenvalue weighted by molar-refractivity contribution is 7.22. The maximum absolute atomic E-state index is 13.1. The Balaban J connectivity index is 1.65. The Hall–Kier alpha value is -1.47. The lowest BCUT2D eigenvalue weighted by Crippen LogP contribution is -2.38. The number of thiophene rings is 1. The van der Waals surface area contributed by atoms with Crippen molar-refractivity contribution in [3.8, 4) is 0 Å². The van der Waals surface area contributed by atoms with Crippen molar-refractivity contribution in [3.63, 3.8) is 0 Å². The Kier molecular flexibility index (Phi) is 5.50. The molecule has 1 saturated heterocycles. The van der Waals surface area contributed by atoms with Crippen LogP contribution in [0.5, 0.6) is 0 Å². The summed E-state index contributed by atoms with van der Waals surface area (Å²) in [4.78, 5) is 20.7. The number of hydrogen-bond acceptors (Lipinski definition) is 5. The van der Waals surface area contributed by atoms with E-state index >= 15 is 0 Å². The van der Waals surface area contributed by atoms with Gasteiger partial charge in [0.1, 0.15) is 0 Å². The number of ether oxygens (including phenoxy) is 1. The van der Waals surface area contributed by atoms with Gasteiger partial charge in [-0.05, 0) is 62.1 Å². The quantitative estimate of drug-likeness (QED) is 0.556. The van der Waals surface area contributed by atoms with Crippen molar-refractivity contribution in [3.05, 3.63) is 44.6 Å². The van der Waals surface area contributed by atoms with Crippen LogP contribution in [0.4, 0.5) is 5.13 Å². The number of thiazole rings is 1. The van der Waals surface area contributed by atoms with Gasteiger partial charge in [0, 0.05) is 11.5 Å². The highest BCUT2D eigenvalue weighted by Gasteiger charge is 2.26. The molecule has 4 nitrogen and oxygen atoms in total. The lowest BCUT2D eigenvalue weighted by molar-refractivity contribution is -0.118. The number of amides is 1. The molecule has 0 spiro atoms. The number of anilines is 1. The number of carbonyl (C=O) groups excluding carboxylic acids is 1. The average molecular weight is 421 g/mol.